The van der Waals surface area contributed by atoms with E-state index in [0.29, 0.717) is 19.6 Å². The second-order valence-corrected chi connectivity index (χ2v) is 6.25. The zero-order valence-corrected chi connectivity index (χ0v) is 12.2. The third-order valence-corrected chi connectivity index (χ3v) is 4.54. The molecule has 1 heterocycles. The molecule has 2 rings (SSSR count). The molecule has 21 heavy (non-hydrogen) atoms. The van der Waals surface area contributed by atoms with Crippen molar-refractivity contribution in [3.05, 3.63) is 29.8 Å². The van der Waals surface area contributed by atoms with E-state index in [1.54, 1.807) is 23.9 Å². The van der Waals surface area contributed by atoms with Gasteiger partial charge in [0, 0.05) is 11.2 Å². The third kappa shape index (κ3) is 5.09. The topological polar surface area (TPSA) is 38.7 Å². The monoisotopic (exact) mass is 322 g/mol. The van der Waals surface area contributed by atoms with Gasteiger partial charge >= 0.3 is 6.36 Å². The molecule has 1 saturated heterocycles. The Morgan fingerprint density at radius 1 is 1.33 bits per heavy atom. The standard InChI is InChI=1S/C14H17F3O3S/c15-14(16,17)20-12-3-1-2-11(6-12)4-5-21-10-13(7-18)8-19-9-13/h1-3,6,18H,4-5,7-10H2. The summed E-state index contributed by atoms with van der Waals surface area (Å²) in [6.45, 7) is 1.26. The maximum atomic E-state index is 12.1. The van der Waals surface area contributed by atoms with Crippen molar-refractivity contribution in [1.29, 1.82) is 0 Å². The van der Waals surface area contributed by atoms with Gasteiger partial charge < -0.3 is 14.6 Å². The SMILES string of the molecule is OCC1(CSCCc2cccc(OC(F)(F)F)c2)COC1. The Morgan fingerprint density at radius 3 is 2.67 bits per heavy atom. The molecule has 1 aromatic rings. The van der Waals surface area contributed by atoms with Crippen LogP contribution in [0.4, 0.5) is 13.2 Å². The van der Waals surface area contributed by atoms with Gasteiger partial charge in [0.25, 0.3) is 0 Å². The molecule has 0 amide bonds. The van der Waals surface area contributed by atoms with E-state index in [2.05, 4.69) is 4.74 Å². The van der Waals surface area contributed by atoms with Crippen LogP contribution in [0.25, 0.3) is 0 Å². The van der Waals surface area contributed by atoms with Gasteiger partial charge in [-0.15, -0.1) is 13.2 Å². The summed E-state index contributed by atoms with van der Waals surface area (Å²) in [6, 6.07) is 6.02. The van der Waals surface area contributed by atoms with Gasteiger partial charge in [-0.2, -0.15) is 11.8 Å². The van der Waals surface area contributed by atoms with Crippen molar-refractivity contribution in [1.82, 2.24) is 0 Å². The molecule has 1 aliphatic rings. The minimum atomic E-state index is -4.66. The fraction of sp³-hybridized carbons (Fsp3) is 0.571. The smallest absolute Gasteiger partial charge is 0.406 e. The van der Waals surface area contributed by atoms with Crippen LogP contribution < -0.4 is 4.74 Å². The zero-order chi connectivity index (χ0) is 15.3. The molecule has 0 aliphatic carbocycles. The summed E-state index contributed by atoms with van der Waals surface area (Å²) in [5.41, 5.74) is 0.665. The average molecular weight is 322 g/mol. The van der Waals surface area contributed by atoms with E-state index in [1.165, 1.54) is 12.1 Å². The number of hydrogen-bond acceptors (Lipinski definition) is 4. The number of rotatable bonds is 7. The Morgan fingerprint density at radius 2 is 2.10 bits per heavy atom. The van der Waals surface area contributed by atoms with Gasteiger partial charge in [0.15, 0.2) is 0 Å². The van der Waals surface area contributed by atoms with E-state index in [1.807, 2.05) is 0 Å². The van der Waals surface area contributed by atoms with Gasteiger partial charge in [-0.1, -0.05) is 12.1 Å². The van der Waals surface area contributed by atoms with Crippen LogP contribution in [0.5, 0.6) is 5.75 Å². The van der Waals surface area contributed by atoms with Gasteiger partial charge in [0.2, 0.25) is 0 Å². The molecule has 0 spiro atoms. The van der Waals surface area contributed by atoms with Crippen molar-refractivity contribution < 1.29 is 27.8 Å². The lowest BCUT2D eigenvalue weighted by molar-refractivity contribution is -0.274. The molecular formula is C14H17F3O3S. The molecule has 7 heteroatoms. The average Bonchev–Trinajstić information content (AvgIpc) is 2.35. The summed E-state index contributed by atoms with van der Waals surface area (Å²) in [7, 11) is 0. The Balaban J connectivity index is 1.77. The fourth-order valence-corrected chi connectivity index (χ4v) is 3.20. The molecule has 118 valence electrons. The van der Waals surface area contributed by atoms with Crippen LogP contribution in [0, 0.1) is 5.41 Å². The van der Waals surface area contributed by atoms with Gasteiger partial charge in [-0.25, -0.2) is 0 Å². The van der Waals surface area contributed by atoms with Crippen LogP contribution in [0.2, 0.25) is 0 Å². The number of aliphatic hydroxyl groups excluding tert-OH is 1. The van der Waals surface area contributed by atoms with Crippen molar-refractivity contribution in [2.45, 2.75) is 12.8 Å². The number of aryl methyl sites for hydroxylation is 1. The molecule has 1 N–H and O–H groups in total. The predicted octanol–water partition coefficient (Wildman–Crippen LogP) is 2.87. The first-order chi connectivity index (χ1) is 9.92. The Kier molecular flexibility index (Phi) is 5.40. The molecule has 1 aliphatic heterocycles. The Hall–Kier alpha value is -0.920. The first kappa shape index (κ1) is 16.5. The summed E-state index contributed by atoms with van der Waals surface area (Å²) in [5, 5.41) is 9.28. The minimum absolute atomic E-state index is 0.106. The highest BCUT2D eigenvalue weighted by Gasteiger charge is 2.37. The van der Waals surface area contributed by atoms with E-state index in [-0.39, 0.29) is 17.8 Å². The molecule has 1 fully saturated rings. The minimum Gasteiger partial charge on any atom is -0.406 e. The van der Waals surface area contributed by atoms with E-state index >= 15 is 0 Å². The summed E-state index contributed by atoms with van der Waals surface area (Å²) < 4.78 is 45.4. The Labute approximate surface area is 125 Å². The van der Waals surface area contributed by atoms with E-state index < -0.39 is 6.36 Å². The number of halogens is 3. The molecular weight excluding hydrogens is 305 g/mol. The normalized spacial score (nSPS) is 17.3. The van der Waals surface area contributed by atoms with E-state index in [0.717, 1.165) is 17.1 Å². The molecule has 0 radical (unpaired) electrons. The number of hydrogen-bond donors (Lipinski definition) is 1. The fourth-order valence-electron chi connectivity index (χ4n) is 1.99. The van der Waals surface area contributed by atoms with E-state index in [9.17, 15) is 18.3 Å². The first-order valence-corrected chi connectivity index (χ1v) is 7.69. The maximum absolute atomic E-state index is 12.1. The quantitative estimate of drug-likeness (QED) is 0.784. The number of alkyl halides is 3. The summed E-state index contributed by atoms with van der Waals surface area (Å²) in [5.74, 6) is 1.38. The summed E-state index contributed by atoms with van der Waals surface area (Å²) in [6.07, 6.45) is -4.01. The lowest BCUT2D eigenvalue weighted by Crippen LogP contribution is -2.47. The van der Waals surface area contributed by atoms with Crippen LogP contribution in [-0.4, -0.2) is 42.8 Å². The highest BCUT2D eigenvalue weighted by molar-refractivity contribution is 7.99. The van der Waals surface area contributed by atoms with Crippen molar-refractivity contribution in [3.63, 3.8) is 0 Å². The lowest BCUT2D eigenvalue weighted by Gasteiger charge is -2.39. The molecule has 0 atom stereocenters. The van der Waals surface area contributed by atoms with Crippen molar-refractivity contribution >= 4 is 11.8 Å². The van der Waals surface area contributed by atoms with Crippen LogP contribution in [0.3, 0.4) is 0 Å². The molecule has 0 aromatic heterocycles. The first-order valence-electron chi connectivity index (χ1n) is 6.54. The number of ether oxygens (including phenoxy) is 2. The van der Waals surface area contributed by atoms with E-state index in [4.69, 9.17) is 4.74 Å². The van der Waals surface area contributed by atoms with Crippen LogP contribution >= 0.6 is 11.8 Å². The van der Waals surface area contributed by atoms with Crippen molar-refractivity contribution in [2.75, 3.05) is 31.3 Å². The third-order valence-electron chi connectivity index (χ3n) is 3.23. The van der Waals surface area contributed by atoms with Crippen LogP contribution in [0.1, 0.15) is 5.56 Å². The lowest BCUT2D eigenvalue weighted by atomic mass is 9.90. The van der Waals surface area contributed by atoms with Gasteiger partial charge in [-0.3, -0.25) is 0 Å². The van der Waals surface area contributed by atoms with Crippen LogP contribution in [0.15, 0.2) is 24.3 Å². The Bertz CT molecular complexity index is 456. The highest BCUT2D eigenvalue weighted by atomic mass is 32.2. The van der Waals surface area contributed by atoms with Gasteiger partial charge in [-0.05, 0) is 29.9 Å². The number of benzene rings is 1. The molecule has 1 aromatic carbocycles. The van der Waals surface area contributed by atoms with Crippen molar-refractivity contribution in [3.8, 4) is 5.75 Å². The predicted molar refractivity (Wildman–Crippen MR) is 74.5 cm³/mol. The molecule has 0 bridgehead atoms. The summed E-state index contributed by atoms with van der Waals surface area (Å²) in [4.78, 5) is 0. The molecule has 0 unspecified atom stereocenters. The number of aliphatic hydroxyl groups is 1. The molecule has 0 saturated carbocycles. The second-order valence-electron chi connectivity index (χ2n) is 5.15. The highest BCUT2D eigenvalue weighted by Crippen LogP contribution is 2.31. The largest absolute Gasteiger partial charge is 0.573 e. The zero-order valence-electron chi connectivity index (χ0n) is 11.4. The van der Waals surface area contributed by atoms with Gasteiger partial charge in [0.1, 0.15) is 5.75 Å². The van der Waals surface area contributed by atoms with Gasteiger partial charge in [0.05, 0.1) is 19.8 Å². The number of thioether (sulfide) groups is 1. The second kappa shape index (κ2) is 6.89. The summed E-state index contributed by atoms with van der Waals surface area (Å²) >= 11 is 1.67. The van der Waals surface area contributed by atoms with Crippen molar-refractivity contribution in [2.24, 2.45) is 5.41 Å². The van der Waals surface area contributed by atoms with Crippen LogP contribution in [-0.2, 0) is 11.2 Å². The maximum Gasteiger partial charge on any atom is 0.573 e. The molecule has 3 nitrogen and oxygen atoms in total.